The first-order valence-electron chi connectivity index (χ1n) is 4.68. The molecule has 0 radical (unpaired) electrons. The maximum atomic E-state index is 5.21. The first kappa shape index (κ1) is 11.7. The minimum atomic E-state index is 0.469. The van der Waals surface area contributed by atoms with Gasteiger partial charge in [-0.1, -0.05) is 0 Å². The van der Waals surface area contributed by atoms with Crippen LogP contribution in [-0.2, 0) is 4.74 Å². The first-order valence-corrected chi connectivity index (χ1v) is 4.68. The molecule has 0 aliphatic heterocycles. The Balaban J connectivity index is 2.97. The van der Waals surface area contributed by atoms with Crippen LogP contribution in [0.25, 0.3) is 0 Å². The van der Waals surface area contributed by atoms with Gasteiger partial charge in [0.25, 0.3) is 0 Å². The SMILES string of the molecule is COCNc1cc(OC)c(OC)cc1C. The molecule has 0 saturated heterocycles. The lowest BCUT2D eigenvalue weighted by Crippen LogP contribution is -2.05. The Kier molecular flexibility index (Phi) is 4.24. The fourth-order valence-corrected chi connectivity index (χ4v) is 1.32. The highest BCUT2D eigenvalue weighted by Gasteiger charge is 2.07. The van der Waals surface area contributed by atoms with Gasteiger partial charge in [-0.05, 0) is 18.6 Å². The molecule has 0 aromatic heterocycles. The second kappa shape index (κ2) is 5.46. The largest absolute Gasteiger partial charge is 0.493 e. The summed E-state index contributed by atoms with van der Waals surface area (Å²) in [6, 6.07) is 3.82. The third kappa shape index (κ3) is 2.76. The molecule has 0 atom stereocenters. The summed E-state index contributed by atoms with van der Waals surface area (Å²) in [7, 11) is 4.88. The molecule has 1 N–H and O–H groups in total. The Morgan fingerprint density at radius 2 is 1.67 bits per heavy atom. The average molecular weight is 211 g/mol. The lowest BCUT2D eigenvalue weighted by atomic mass is 10.2. The molecule has 4 nitrogen and oxygen atoms in total. The fraction of sp³-hybridized carbons (Fsp3) is 0.455. The highest BCUT2D eigenvalue weighted by molar-refractivity contribution is 5.59. The summed E-state index contributed by atoms with van der Waals surface area (Å²) in [6.45, 7) is 2.47. The van der Waals surface area contributed by atoms with Crippen molar-refractivity contribution >= 4 is 5.69 Å². The Bertz CT molecular complexity index is 326. The number of aryl methyl sites for hydroxylation is 1. The predicted octanol–water partition coefficient (Wildman–Crippen LogP) is 2.03. The maximum Gasteiger partial charge on any atom is 0.162 e. The zero-order chi connectivity index (χ0) is 11.3. The molecule has 0 spiro atoms. The highest BCUT2D eigenvalue weighted by atomic mass is 16.5. The Labute approximate surface area is 90.1 Å². The standard InChI is InChI=1S/C11H17NO3/c1-8-5-10(14-3)11(15-4)6-9(8)12-7-13-2/h5-6,12H,7H2,1-4H3. The van der Waals surface area contributed by atoms with Gasteiger partial charge in [0.1, 0.15) is 6.73 Å². The molecular formula is C11H17NO3. The lowest BCUT2D eigenvalue weighted by Gasteiger charge is -2.13. The fourth-order valence-electron chi connectivity index (χ4n) is 1.32. The van der Waals surface area contributed by atoms with Gasteiger partial charge in [0.2, 0.25) is 0 Å². The number of hydrogen-bond acceptors (Lipinski definition) is 4. The van der Waals surface area contributed by atoms with Crippen molar-refractivity contribution in [3.63, 3.8) is 0 Å². The second-order valence-electron chi connectivity index (χ2n) is 3.13. The van der Waals surface area contributed by atoms with E-state index >= 15 is 0 Å². The van der Waals surface area contributed by atoms with Crippen molar-refractivity contribution in [2.75, 3.05) is 33.4 Å². The minimum Gasteiger partial charge on any atom is -0.493 e. The summed E-state index contributed by atoms with van der Waals surface area (Å²) in [5.41, 5.74) is 2.07. The van der Waals surface area contributed by atoms with Gasteiger partial charge < -0.3 is 19.5 Å². The maximum absolute atomic E-state index is 5.21. The molecule has 0 saturated carbocycles. The van der Waals surface area contributed by atoms with Gasteiger partial charge in [-0.3, -0.25) is 0 Å². The van der Waals surface area contributed by atoms with Crippen LogP contribution in [0.15, 0.2) is 12.1 Å². The monoisotopic (exact) mass is 211 g/mol. The molecule has 0 amide bonds. The van der Waals surface area contributed by atoms with Gasteiger partial charge in [0, 0.05) is 18.9 Å². The smallest absolute Gasteiger partial charge is 0.162 e. The van der Waals surface area contributed by atoms with Crippen molar-refractivity contribution in [1.82, 2.24) is 0 Å². The van der Waals surface area contributed by atoms with E-state index in [1.165, 1.54) is 0 Å². The van der Waals surface area contributed by atoms with Gasteiger partial charge in [0.15, 0.2) is 11.5 Å². The van der Waals surface area contributed by atoms with Crippen molar-refractivity contribution in [1.29, 1.82) is 0 Å². The molecule has 0 heterocycles. The van der Waals surface area contributed by atoms with Crippen LogP contribution in [0, 0.1) is 6.92 Å². The summed E-state index contributed by atoms with van der Waals surface area (Å²) >= 11 is 0. The second-order valence-corrected chi connectivity index (χ2v) is 3.13. The Morgan fingerprint density at radius 1 is 1.07 bits per heavy atom. The zero-order valence-corrected chi connectivity index (χ0v) is 9.59. The summed E-state index contributed by atoms with van der Waals surface area (Å²) in [5.74, 6) is 1.44. The third-order valence-electron chi connectivity index (χ3n) is 2.14. The van der Waals surface area contributed by atoms with Crippen LogP contribution in [-0.4, -0.2) is 28.1 Å². The van der Waals surface area contributed by atoms with Gasteiger partial charge in [0.05, 0.1) is 14.2 Å². The minimum absolute atomic E-state index is 0.469. The van der Waals surface area contributed by atoms with E-state index in [9.17, 15) is 0 Å². The Hall–Kier alpha value is -1.42. The first-order chi connectivity index (χ1) is 7.22. The number of anilines is 1. The van der Waals surface area contributed by atoms with Crippen molar-refractivity contribution in [3.05, 3.63) is 17.7 Å². The number of rotatable bonds is 5. The molecule has 0 fully saturated rings. The highest BCUT2D eigenvalue weighted by Crippen LogP contribution is 2.32. The molecule has 1 aromatic carbocycles. The quantitative estimate of drug-likeness (QED) is 0.756. The summed E-state index contributed by atoms with van der Waals surface area (Å²) in [6.07, 6.45) is 0. The number of benzene rings is 1. The number of nitrogens with one attached hydrogen (secondary N) is 1. The van der Waals surface area contributed by atoms with Crippen molar-refractivity contribution in [2.24, 2.45) is 0 Å². The van der Waals surface area contributed by atoms with Gasteiger partial charge in [-0.15, -0.1) is 0 Å². The van der Waals surface area contributed by atoms with E-state index in [2.05, 4.69) is 5.32 Å². The molecule has 15 heavy (non-hydrogen) atoms. The van der Waals surface area contributed by atoms with Gasteiger partial charge in [-0.25, -0.2) is 0 Å². The van der Waals surface area contributed by atoms with Crippen molar-refractivity contribution in [2.45, 2.75) is 6.92 Å². The molecule has 0 bridgehead atoms. The van der Waals surface area contributed by atoms with E-state index in [4.69, 9.17) is 14.2 Å². The zero-order valence-electron chi connectivity index (χ0n) is 9.59. The number of methoxy groups -OCH3 is 3. The van der Waals surface area contributed by atoms with Gasteiger partial charge >= 0.3 is 0 Å². The Morgan fingerprint density at radius 3 is 2.20 bits per heavy atom. The summed E-state index contributed by atoms with van der Waals surface area (Å²) in [5, 5.41) is 3.13. The van der Waals surface area contributed by atoms with Crippen LogP contribution in [0.5, 0.6) is 11.5 Å². The van der Waals surface area contributed by atoms with Gasteiger partial charge in [-0.2, -0.15) is 0 Å². The van der Waals surface area contributed by atoms with E-state index in [-0.39, 0.29) is 0 Å². The number of ether oxygens (including phenoxy) is 3. The number of hydrogen-bond donors (Lipinski definition) is 1. The normalized spacial score (nSPS) is 9.87. The van der Waals surface area contributed by atoms with E-state index in [1.807, 2.05) is 19.1 Å². The summed E-state index contributed by atoms with van der Waals surface area (Å²) < 4.78 is 15.3. The van der Waals surface area contributed by atoms with E-state index in [0.717, 1.165) is 17.0 Å². The average Bonchev–Trinajstić information content (AvgIpc) is 2.27. The molecule has 4 heteroatoms. The topological polar surface area (TPSA) is 39.7 Å². The molecule has 0 aliphatic rings. The van der Waals surface area contributed by atoms with Crippen molar-refractivity contribution < 1.29 is 14.2 Å². The van der Waals surface area contributed by atoms with Crippen LogP contribution in [0.3, 0.4) is 0 Å². The third-order valence-corrected chi connectivity index (χ3v) is 2.14. The molecule has 0 unspecified atom stereocenters. The van der Waals surface area contributed by atoms with Crippen LogP contribution in [0.4, 0.5) is 5.69 Å². The molecule has 1 aromatic rings. The van der Waals surface area contributed by atoms with Crippen molar-refractivity contribution in [3.8, 4) is 11.5 Å². The van der Waals surface area contributed by atoms with Crippen LogP contribution >= 0.6 is 0 Å². The summed E-state index contributed by atoms with van der Waals surface area (Å²) in [4.78, 5) is 0. The predicted molar refractivity (Wildman–Crippen MR) is 59.8 cm³/mol. The van der Waals surface area contributed by atoms with Crippen LogP contribution in [0.1, 0.15) is 5.56 Å². The van der Waals surface area contributed by atoms with E-state index < -0.39 is 0 Å². The molecule has 0 aliphatic carbocycles. The van der Waals surface area contributed by atoms with E-state index in [1.54, 1.807) is 21.3 Å². The molecule has 84 valence electrons. The molecule has 1 rings (SSSR count). The van der Waals surface area contributed by atoms with E-state index in [0.29, 0.717) is 12.5 Å². The molecular weight excluding hydrogens is 194 g/mol. The lowest BCUT2D eigenvalue weighted by molar-refractivity contribution is 0.221. The van der Waals surface area contributed by atoms with Crippen LogP contribution in [0.2, 0.25) is 0 Å². The van der Waals surface area contributed by atoms with Crippen LogP contribution < -0.4 is 14.8 Å².